The molecule has 0 amide bonds. The van der Waals surface area contributed by atoms with Crippen molar-refractivity contribution in [2.45, 2.75) is 0 Å². The van der Waals surface area contributed by atoms with E-state index in [1.165, 1.54) is 5.38 Å². The summed E-state index contributed by atoms with van der Waals surface area (Å²) in [6, 6.07) is 7.54. The number of nitrogens with zero attached hydrogens (tertiary/aromatic N) is 1. The normalized spacial score (nSPS) is 10.8. The lowest BCUT2D eigenvalue weighted by molar-refractivity contribution is 0.104. The molecule has 94 valence electrons. The van der Waals surface area contributed by atoms with Gasteiger partial charge in [0.05, 0.1) is 5.56 Å². The third-order valence-electron chi connectivity index (χ3n) is 2.75. The molecule has 3 rings (SSSR count). The number of carbonyl (C=O) groups excluding carboxylic acids is 2. The number of benzene rings is 1. The van der Waals surface area contributed by atoms with Gasteiger partial charge < -0.3 is 4.98 Å². The van der Waals surface area contributed by atoms with E-state index in [2.05, 4.69) is 22.6 Å². The molecule has 3 aromatic rings. The van der Waals surface area contributed by atoms with Crippen LogP contribution in [0.1, 0.15) is 25.9 Å². The summed E-state index contributed by atoms with van der Waals surface area (Å²) >= 11 is 4.84. The highest BCUT2D eigenvalue weighted by Gasteiger charge is 2.18. The topological polar surface area (TPSA) is 62.8 Å². The Bertz CT molecular complexity index is 789. The summed E-state index contributed by atoms with van der Waals surface area (Å²) in [5.74, 6) is -0.191. The Labute approximate surface area is 117 Å². The molecule has 0 aliphatic heterocycles. The number of para-hydroxylation sites is 1. The smallest absolute Gasteiger partial charge is 0.235 e. The van der Waals surface area contributed by atoms with Gasteiger partial charge in [-0.25, -0.2) is 4.98 Å². The fourth-order valence-corrected chi connectivity index (χ4v) is 2.80. The van der Waals surface area contributed by atoms with Gasteiger partial charge in [0.2, 0.25) is 10.9 Å². The molecule has 2 aromatic heterocycles. The van der Waals surface area contributed by atoms with E-state index in [-0.39, 0.29) is 11.5 Å². The number of thiazole rings is 1. The molecule has 0 aliphatic carbocycles. The second-order valence-corrected chi connectivity index (χ2v) is 5.18. The third-order valence-corrected chi connectivity index (χ3v) is 3.82. The van der Waals surface area contributed by atoms with E-state index in [1.807, 2.05) is 24.3 Å². The van der Waals surface area contributed by atoms with Crippen molar-refractivity contribution >= 4 is 45.8 Å². The average molecular weight is 288 g/mol. The number of nitrogens with one attached hydrogen (secondary N) is 1. The Morgan fingerprint density at radius 2 is 2.05 bits per heavy atom. The number of hydrogen-bond acceptors (Lipinski definition) is 4. The summed E-state index contributed by atoms with van der Waals surface area (Å²) in [6.07, 6.45) is 1.66. The zero-order valence-corrected chi connectivity index (χ0v) is 11.3. The first-order valence-corrected chi connectivity index (χ1v) is 6.79. The van der Waals surface area contributed by atoms with E-state index in [9.17, 15) is 9.59 Å². The highest BCUT2D eigenvalue weighted by Crippen LogP contribution is 2.22. The van der Waals surface area contributed by atoms with Gasteiger partial charge in [0, 0.05) is 22.5 Å². The highest BCUT2D eigenvalue weighted by atomic mass is 32.1. The van der Waals surface area contributed by atoms with E-state index in [0.717, 1.165) is 22.2 Å². The number of fused-ring (bicyclic) bond motifs is 1. The van der Waals surface area contributed by atoms with E-state index in [0.29, 0.717) is 10.6 Å². The Balaban J connectivity index is 2.05. The molecule has 0 aliphatic rings. The molecule has 0 radical (unpaired) electrons. The summed E-state index contributed by atoms with van der Waals surface area (Å²) in [7, 11) is 0. The quantitative estimate of drug-likeness (QED) is 0.575. The van der Waals surface area contributed by atoms with Gasteiger partial charge in [-0.3, -0.25) is 9.59 Å². The van der Waals surface area contributed by atoms with Crippen LogP contribution in [-0.2, 0) is 0 Å². The zero-order valence-electron chi connectivity index (χ0n) is 9.58. The monoisotopic (exact) mass is 288 g/mol. The number of thiol groups is 1. The lowest BCUT2D eigenvalue weighted by atomic mass is 10.1. The Kier molecular flexibility index (Phi) is 2.96. The predicted molar refractivity (Wildman–Crippen MR) is 77.2 cm³/mol. The van der Waals surface area contributed by atoms with Crippen LogP contribution >= 0.6 is 24.0 Å². The van der Waals surface area contributed by atoms with Gasteiger partial charge in [-0.15, -0.1) is 11.3 Å². The van der Waals surface area contributed by atoms with Crippen molar-refractivity contribution in [3.8, 4) is 0 Å². The number of aromatic nitrogens is 2. The van der Waals surface area contributed by atoms with Crippen molar-refractivity contribution in [3.05, 3.63) is 52.1 Å². The first-order chi connectivity index (χ1) is 9.16. The third kappa shape index (κ3) is 2.09. The molecular formula is C13H8N2O2S2. The fraction of sp³-hybridized carbons (Fsp3) is 0. The minimum atomic E-state index is -0.436. The van der Waals surface area contributed by atoms with Crippen molar-refractivity contribution < 1.29 is 9.59 Å². The summed E-state index contributed by atoms with van der Waals surface area (Å²) in [5, 5.41) is 2.25. The minimum absolute atomic E-state index is 0.191. The summed E-state index contributed by atoms with van der Waals surface area (Å²) < 4.78 is 0. The van der Waals surface area contributed by atoms with E-state index >= 15 is 0 Å². The van der Waals surface area contributed by atoms with Gasteiger partial charge in [0.25, 0.3) is 0 Å². The number of ketones is 1. The maximum Gasteiger partial charge on any atom is 0.235 e. The molecule has 2 heterocycles. The maximum atomic E-state index is 12.3. The maximum absolute atomic E-state index is 12.3. The summed E-state index contributed by atoms with van der Waals surface area (Å²) in [6.45, 7) is 0. The van der Waals surface area contributed by atoms with Gasteiger partial charge in [0.1, 0.15) is 5.69 Å². The van der Waals surface area contributed by atoms with Gasteiger partial charge >= 0.3 is 0 Å². The standard InChI is InChI=1S/C13H8N2O2S2/c16-11(12-15-10(6-19-12)13(17)18)8-5-14-9-4-2-1-3-7(8)9/h1-6,14H,(H,17,18). The molecule has 0 spiro atoms. The molecule has 19 heavy (non-hydrogen) atoms. The Hall–Kier alpha value is -1.92. The molecule has 1 aromatic carbocycles. The molecule has 4 nitrogen and oxygen atoms in total. The van der Waals surface area contributed by atoms with Crippen LogP contribution < -0.4 is 0 Å². The lowest BCUT2D eigenvalue weighted by Gasteiger charge is -1.94. The average Bonchev–Trinajstić information content (AvgIpc) is 3.05. The molecule has 0 saturated carbocycles. The van der Waals surface area contributed by atoms with Gasteiger partial charge in [-0.1, -0.05) is 30.8 Å². The largest absolute Gasteiger partial charge is 0.360 e. The van der Waals surface area contributed by atoms with Crippen molar-refractivity contribution in [3.63, 3.8) is 0 Å². The van der Waals surface area contributed by atoms with Gasteiger partial charge in [-0.2, -0.15) is 0 Å². The van der Waals surface area contributed by atoms with Crippen LogP contribution in [0.25, 0.3) is 10.9 Å². The van der Waals surface area contributed by atoms with E-state index in [4.69, 9.17) is 0 Å². The number of H-pyrrole nitrogens is 1. The Morgan fingerprint density at radius 1 is 1.26 bits per heavy atom. The minimum Gasteiger partial charge on any atom is -0.360 e. The van der Waals surface area contributed by atoms with Crippen molar-refractivity contribution in [2.75, 3.05) is 0 Å². The molecule has 1 N–H and O–H groups in total. The Morgan fingerprint density at radius 3 is 2.79 bits per heavy atom. The zero-order chi connectivity index (χ0) is 13.4. The molecule has 0 saturated heterocycles. The highest BCUT2D eigenvalue weighted by molar-refractivity contribution is 7.97. The van der Waals surface area contributed by atoms with Crippen LogP contribution in [0.5, 0.6) is 0 Å². The van der Waals surface area contributed by atoms with Gasteiger partial charge in [-0.05, 0) is 6.07 Å². The fourth-order valence-electron chi connectivity index (χ4n) is 1.85. The van der Waals surface area contributed by atoms with Crippen LogP contribution in [0.15, 0.2) is 35.8 Å². The second-order valence-electron chi connectivity index (χ2n) is 3.92. The molecule has 0 unspecified atom stereocenters. The second kappa shape index (κ2) is 4.64. The molecule has 0 bridgehead atoms. The first kappa shape index (κ1) is 12.1. The van der Waals surface area contributed by atoms with Crippen LogP contribution in [0.3, 0.4) is 0 Å². The molecule has 0 fully saturated rings. The van der Waals surface area contributed by atoms with E-state index < -0.39 is 5.12 Å². The molecule has 6 heteroatoms. The number of rotatable bonds is 3. The predicted octanol–water partition coefficient (Wildman–Crippen LogP) is 2.93. The first-order valence-electron chi connectivity index (χ1n) is 5.46. The number of hydrogen-bond donors (Lipinski definition) is 2. The number of aromatic amines is 1. The summed E-state index contributed by atoms with van der Waals surface area (Å²) in [5.41, 5.74) is 1.66. The summed E-state index contributed by atoms with van der Waals surface area (Å²) in [4.78, 5) is 30.5. The molecular weight excluding hydrogens is 280 g/mol. The number of carbonyl (C=O) groups is 2. The van der Waals surface area contributed by atoms with Crippen LogP contribution in [-0.4, -0.2) is 20.9 Å². The van der Waals surface area contributed by atoms with Crippen LogP contribution in [0, 0.1) is 0 Å². The van der Waals surface area contributed by atoms with Crippen molar-refractivity contribution in [1.82, 2.24) is 9.97 Å². The van der Waals surface area contributed by atoms with Crippen molar-refractivity contribution in [2.24, 2.45) is 0 Å². The van der Waals surface area contributed by atoms with Crippen LogP contribution in [0.4, 0.5) is 0 Å². The SMILES string of the molecule is O=C(S)c1csc(C(=O)c2c[nH]c3ccccc23)n1. The van der Waals surface area contributed by atoms with Crippen LogP contribution in [0.2, 0.25) is 0 Å². The lowest BCUT2D eigenvalue weighted by Crippen LogP contribution is -2.01. The van der Waals surface area contributed by atoms with Gasteiger partial charge in [0.15, 0.2) is 5.01 Å². The molecule has 0 atom stereocenters. The van der Waals surface area contributed by atoms with Crippen molar-refractivity contribution in [1.29, 1.82) is 0 Å². The van der Waals surface area contributed by atoms with E-state index in [1.54, 1.807) is 6.20 Å².